The fourth-order valence-electron chi connectivity index (χ4n) is 8.90. The largest absolute Gasteiger partial charge is 0.456 e. The van der Waals surface area contributed by atoms with Gasteiger partial charge in [0.1, 0.15) is 17.5 Å². The van der Waals surface area contributed by atoms with E-state index in [1.54, 1.807) is 6.33 Å². The Morgan fingerprint density at radius 2 is 0.823 bits per heavy atom. The third kappa shape index (κ3) is 6.23. The molecule has 3 heterocycles. The number of hydrogen-bond donors (Lipinski definition) is 0. The summed E-state index contributed by atoms with van der Waals surface area (Å²) in [5, 5.41) is 4.56. The highest BCUT2D eigenvalue weighted by Crippen LogP contribution is 2.39. The van der Waals surface area contributed by atoms with E-state index in [0.29, 0.717) is 11.6 Å². The first kappa shape index (κ1) is 35.5. The number of nitrogens with zero attached hydrogens (tertiary/aromatic N) is 4. The summed E-state index contributed by atoms with van der Waals surface area (Å²) in [5.41, 5.74) is 16.1. The highest BCUT2D eigenvalue weighted by Gasteiger charge is 2.16. The molecular formula is C57H36N4O. The second-order valence-electron chi connectivity index (χ2n) is 15.7. The third-order valence-corrected chi connectivity index (χ3v) is 11.9. The topological polar surface area (TPSA) is 56.7 Å². The Morgan fingerprint density at radius 1 is 0.306 bits per heavy atom. The van der Waals surface area contributed by atoms with Gasteiger partial charge in [-0.05, 0) is 123 Å². The molecule has 0 aliphatic carbocycles. The summed E-state index contributed by atoms with van der Waals surface area (Å²) in [6.07, 6.45) is 1.59. The van der Waals surface area contributed by atoms with E-state index in [1.165, 1.54) is 32.9 Å². The first-order valence-electron chi connectivity index (χ1n) is 20.8. The maximum atomic E-state index is 6.47. The second kappa shape index (κ2) is 14.7. The Kier molecular flexibility index (Phi) is 8.42. The molecule has 0 spiro atoms. The van der Waals surface area contributed by atoms with E-state index in [9.17, 15) is 0 Å². The van der Waals surface area contributed by atoms with E-state index in [-0.39, 0.29) is 0 Å². The van der Waals surface area contributed by atoms with Crippen molar-refractivity contribution in [3.8, 4) is 73.0 Å². The Labute approximate surface area is 357 Å². The third-order valence-electron chi connectivity index (χ3n) is 11.9. The summed E-state index contributed by atoms with van der Waals surface area (Å²) in [7, 11) is 0. The molecule has 0 fully saturated rings. The minimum Gasteiger partial charge on any atom is -0.456 e. The van der Waals surface area contributed by atoms with Gasteiger partial charge in [-0.2, -0.15) is 0 Å². The van der Waals surface area contributed by atoms with Crippen molar-refractivity contribution < 1.29 is 4.42 Å². The van der Waals surface area contributed by atoms with Crippen LogP contribution in [0.15, 0.2) is 223 Å². The molecule has 0 bridgehead atoms. The lowest BCUT2D eigenvalue weighted by atomic mass is 9.93. The minimum atomic E-state index is 0.587. The average molecular weight is 793 g/mol. The number of benzene rings is 9. The molecule has 0 amide bonds. The fraction of sp³-hybridized carbons (Fsp3) is 0. The van der Waals surface area contributed by atoms with Gasteiger partial charge in [-0.15, -0.1) is 0 Å². The van der Waals surface area contributed by atoms with E-state index in [1.807, 2.05) is 6.07 Å². The van der Waals surface area contributed by atoms with Gasteiger partial charge in [-0.3, -0.25) is 0 Å². The molecule has 12 aromatic rings. The van der Waals surface area contributed by atoms with Crippen LogP contribution < -0.4 is 0 Å². The van der Waals surface area contributed by atoms with Crippen LogP contribution in [-0.4, -0.2) is 19.5 Å². The fourth-order valence-corrected chi connectivity index (χ4v) is 8.90. The number of para-hydroxylation sites is 2. The maximum absolute atomic E-state index is 6.47. The minimum absolute atomic E-state index is 0.587. The summed E-state index contributed by atoms with van der Waals surface area (Å²) < 4.78 is 8.82. The highest BCUT2D eigenvalue weighted by molar-refractivity contribution is 6.11. The summed E-state index contributed by atoms with van der Waals surface area (Å²) in [4.78, 5) is 14.3. The Bertz CT molecular complexity index is 3570. The number of furan rings is 1. The van der Waals surface area contributed by atoms with Gasteiger partial charge in [0, 0.05) is 38.4 Å². The van der Waals surface area contributed by atoms with Gasteiger partial charge in [0.05, 0.1) is 11.0 Å². The molecule has 5 heteroatoms. The quantitative estimate of drug-likeness (QED) is 0.161. The van der Waals surface area contributed by atoms with Crippen LogP contribution in [0, 0.1) is 0 Å². The summed E-state index contributed by atoms with van der Waals surface area (Å²) in [5.74, 6) is 1.20. The van der Waals surface area contributed by atoms with Crippen LogP contribution >= 0.6 is 0 Å². The molecule has 12 rings (SSSR count). The lowest BCUT2D eigenvalue weighted by molar-refractivity contribution is 0.669. The maximum Gasteiger partial charge on any atom is 0.163 e. The van der Waals surface area contributed by atoms with Crippen LogP contribution in [0.25, 0.3) is 117 Å². The van der Waals surface area contributed by atoms with Crippen molar-refractivity contribution in [2.24, 2.45) is 0 Å². The predicted octanol–water partition coefficient (Wildman–Crippen LogP) is 14.9. The standard InChI is InChI=1S/C57H36N4O/c1-4-13-37(14-5-1)44-30-45(38-15-6-2-7-16-38)32-46(31-44)39-17-12-18-42(29-39)56-58-36-59-57(60-56)43-23-26-49-51-34-41(25-28-54(51)62-55(49)35-43)40-24-27-53-50(33-40)48-21-10-11-22-52(48)61(53)47-19-8-3-9-20-47/h1-36H. The first-order valence-corrected chi connectivity index (χ1v) is 20.8. The first-order chi connectivity index (χ1) is 30.7. The Balaban J connectivity index is 0.878. The molecule has 0 unspecified atom stereocenters. The zero-order valence-corrected chi connectivity index (χ0v) is 33.5. The van der Waals surface area contributed by atoms with E-state index < -0.39 is 0 Å². The molecular weight excluding hydrogens is 757 g/mol. The van der Waals surface area contributed by atoms with Crippen LogP contribution in [-0.2, 0) is 0 Å². The summed E-state index contributed by atoms with van der Waals surface area (Å²) in [6.45, 7) is 0. The van der Waals surface area contributed by atoms with Crippen molar-refractivity contribution in [1.29, 1.82) is 0 Å². The lowest BCUT2D eigenvalue weighted by Gasteiger charge is -2.12. The van der Waals surface area contributed by atoms with Gasteiger partial charge in [0.15, 0.2) is 11.6 Å². The molecule has 62 heavy (non-hydrogen) atoms. The van der Waals surface area contributed by atoms with Gasteiger partial charge >= 0.3 is 0 Å². The zero-order valence-electron chi connectivity index (χ0n) is 33.5. The number of aromatic nitrogens is 4. The van der Waals surface area contributed by atoms with Gasteiger partial charge in [-0.1, -0.05) is 133 Å². The second-order valence-corrected chi connectivity index (χ2v) is 15.7. The molecule has 0 aliphatic heterocycles. The van der Waals surface area contributed by atoms with Gasteiger partial charge in [0.2, 0.25) is 0 Å². The Hall–Kier alpha value is -8.41. The van der Waals surface area contributed by atoms with Crippen LogP contribution in [0.4, 0.5) is 0 Å². The monoisotopic (exact) mass is 792 g/mol. The van der Waals surface area contributed by atoms with Gasteiger partial charge < -0.3 is 8.98 Å². The average Bonchev–Trinajstić information content (AvgIpc) is 3.89. The predicted molar refractivity (Wildman–Crippen MR) is 254 cm³/mol. The van der Waals surface area contributed by atoms with Crippen LogP contribution in [0.1, 0.15) is 0 Å². The van der Waals surface area contributed by atoms with Crippen LogP contribution in [0.2, 0.25) is 0 Å². The summed E-state index contributed by atoms with van der Waals surface area (Å²) in [6, 6.07) is 75.0. The molecule has 3 aromatic heterocycles. The van der Waals surface area contributed by atoms with Crippen molar-refractivity contribution in [3.63, 3.8) is 0 Å². The van der Waals surface area contributed by atoms with Crippen molar-refractivity contribution in [1.82, 2.24) is 19.5 Å². The SMILES string of the molecule is c1ccc(-c2cc(-c3ccccc3)cc(-c3cccc(-c4ncnc(-c5ccc6c(c5)oc5ccc(-c7ccc8c(c7)c7ccccc7n8-c7ccccc7)cc56)n4)c3)c2)cc1. The molecule has 0 radical (unpaired) electrons. The van der Waals surface area contributed by atoms with Crippen LogP contribution in [0.5, 0.6) is 0 Å². The zero-order chi connectivity index (χ0) is 41.0. The highest BCUT2D eigenvalue weighted by atomic mass is 16.3. The molecule has 0 saturated carbocycles. The van der Waals surface area contributed by atoms with Crippen molar-refractivity contribution in [3.05, 3.63) is 219 Å². The normalized spacial score (nSPS) is 11.5. The molecule has 5 nitrogen and oxygen atoms in total. The molecule has 290 valence electrons. The van der Waals surface area contributed by atoms with Crippen molar-refractivity contribution >= 4 is 43.7 Å². The number of hydrogen-bond acceptors (Lipinski definition) is 4. The molecule has 0 N–H and O–H groups in total. The molecule has 0 saturated heterocycles. The van der Waals surface area contributed by atoms with Gasteiger partial charge in [0.25, 0.3) is 0 Å². The van der Waals surface area contributed by atoms with Crippen molar-refractivity contribution in [2.75, 3.05) is 0 Å². The smallest absolute Gasteiger partial charge is 0.163 e. The van der Waals surface area contributed by atoms with Crippen LogP contribution in [0.3, 0.4) is 0 Å². The number of fused-ring (bicyclic) bond motifs is 6. The molecule has 0 aliphatic rings. The number of rotatable bonds is 7. The van der Waals surface area contributed by atoms with Crippen molar-refractivity contribution in [2.45, 2.75) is 0 Å². The van der Waals surface area contributed by atoms with Gasteiger partial charge in [-0.25, -0.2) is 15.0 Å². The molecule has 9 aromatic carbocycles. The van der Waals surface area contributed by atoms with E-state index in [2.05, 4.69) is 221 Å². The van der Waals surface area contributed by atoms with E-state index >= 15 is 0 Å². The lowest BCUT2D eigenvalue weighted by Crippen LogP contribution is -1.95. The Morgan fingerprint density at radius 3 is 1.55 bits per heavy atom. The summed E-state index contributed by atoms with van der Waals surface area (Å²) >= 11 is 0. The van der Waals surface area contributed by atoms with E-state index in [4.69, 9.17) is 9.40 Å². The van der Waals surface area contributed by atoms with E-state index in [0.717, 1.165) is 72.1 Å². The molecule has 0 atom stereocenters.